The molecule has 0 aliphatic carbocycles. The standard InChI is InChI=1S/C18H19ClN4O2/c19-13-11-20-18(23-8-3-4-9-23)22-16(13)17(24)21-14-7-10-25-15-6-2-1-5-12(14)15/h1-2,5-6,11,14H,3-4,7-10H2,(H,21,24). The molecule has 0 saturated carbocycles. The van der Waals surface area contributed by atoms with Gasteiger partial charge in [-0.2, -0.15) is 0 Å². The molecule has 1 amide bonds. The molecule has 6 nitrogen and oxygen atoms in total. The largest absolute Gasteiger partial charge is 0.493 e. The van der Waals surface area contributed by atoms with Crippen molar-refractivity contribution in [3.63, 3.8) is 0 Å². The number of rotatable bonds is 3. The Kier molecular flexibility index (Phi) is 4.44. The predicted octanol–water partition coefficient (Wildman–Crippen LogP) is 2.98. The maximum atomic E-state index is 12.8. The van der Waals surface area contributed by atoms with E-state index in [9.17, 15) is 4.79 Å². The van der Waals surface area contributed by atoms with Crippen LogP contribution in [0.15, 0.2) is 30.5 Å². The van der Waals surface area contributed by atoms with Gasteiger partial charge in [-0.25, -0.2) is 9.97 Å². The lowest BCUT2D eigenvalue weighted by atomic mass is 10.0. The predicted molar refractivity (Wildman–Crippen MR) is 95.3 cm³/mol. The van der Waals surface area contributed by atoms with Gasteiger partial charge in [0.2, 0.25) is 5.95 Å². The van der Waals surface area contributed by atoms with E-state index in [2.05, 4.69) is 20.2 Å². The molecule has 1 aromatic carbocycles. The van der Waals surface area contributed by atoms with Gasteiger partial charge in [0.1, 0.15) is 5.75 Å². The van der Waals surface area contributed by atoms with Crippen LogP contribution in [-0.4, -0.2) is 35.6 Å². The number of hydrogen-bond donors (Lipinski definition) is 1. The summed E-state index contributed by atoms with van der Waals surface area (Å²) in [5.41, 5.74) is 1.20. The lowest BCUT2D eigenvalue weighted by Gasteiger charge is -2.26. The molecule has 1 unspecified atom stereocenters. The van der Waals surface area contributed by atoms with Gasteiger partial charge in [0.15, 0.2) is 5.69 Å². The van der Waals surface area contributed by atoms with E-state index in [-0.39, 0.29) is 22.7 Å². The molecule has 1 N–H and O–H groups in total. The van der Waals surface area contributed by atoms with Crippen molar-refractivity contribution in [1.82, 2.24) is 15.3 Å². The molecule has 25 heavy (non-hydrogen) atoms. The second kappa shape index (κ2) is 6.88. The van der Waals surface area contributed by atoms with Crippen molar-refractivity contribution in [2.24, 2.45) is 0 Å². The van der Waals surface area contributed by atoms with Crippen LogP contribution in [0.4, 0.5) is 5.95 Å². The summed E-state index contributed by atoms with van der Waals surface area (Å²) in [6, 6.07) is 7.63. The molecule has 2 aliphatic heterocycles. The number of carbonyl (C=O) groups excluding carboxylic acids is 1. The van der Waals surface area contributed by atoms with Crippen molar-refractivity contribution in [2.45, 2.75) is 25.3 Å². The number of benzene rings is 1. The molecule has 2 aliphatic rings. The number of para-hydroxylation sites is 1. The van der Waals surface area contributed by atoms with Gasteiger partial charge in [-0.15, -0.1) is 0 Å². The Morgan fingerprint density at radius 1 is 1.28 bits per heavy atom. The van der Waals surface area contributed by atoms with Crippen LogP contribution < -0.4 is 15.0 Å². The molecule has 0 radical (unpaired) electrons. The van der Waals surface area contributed by atoms with E-state index in [1.54, 1.807) is 0 Å². The van der Waals surface area contributed by atoms with Gasteiger partial charge < -0.3 is 15.0 Å². The minimum Gasteiger partial charge on any atom is -0.493 e. The Bertz CT molecular complexity index is 792. The van der Waals surface area contributed by atoms with Crippen LogP contribution in [0.3, 0.4) is 0 Å². The number of hydrogen-bond acceptors (Lipinski definition) is 5. The third-order valence-electron chi connectivity index (χ3n) is 4.60. The van der Waals surface area contributed by atoms with Gasteiger partial charge in [-0.1, -0.05) is 29.8 Å². The van der Waals surface area contributed by atoms with Crippen LogP contribution in [0, 0.1) is 0 Å². The fourth-order valence-electron chi connectivity index (χ4n) is 3.31. The topological polar surface area (TPSA) is 67.3 Å². The van der Waals surface area contributed by atoms with Crippen molar-refractivity contribution in [3.8, 4) is 5.75 Å². The SMILES string of the molecule is O=C(NC1CCOc2ccccc21)c1nc(N2CCCC2)ncc1Cl. The summed E-state index contributed by atoms with van der Waals surface area (Å²) in [4.78, 5) is 23.5. The molecular weight excluding hydrogens is 340 g/mol. The average Bonchev–Trinajstić information content (AvgIpc) is 3.17. The first kappa shape index (κ1) is 16.1. The number of anilines is 1. The lowest BCUT2D eigenvalue weighted by Crippen LogP contribution is -2.33. The second-order valence-electron chi connectivity index (χ2n) is 6.26. The van der Waals surface area contributed by atoms with Crippen LogP contribution >= 0.6 is 11.6 Å². The summed E-state index contributed by atoms with van der Waals surface area (Å²) in [6.45, 7) is 2.39. The summed E-state index contributed by atoms with van der Waals surface area (Å²) < 4.78 is 5.64. The van der Waals surface area contributed by atoms with Gasteiger partial charge >= 0.3 is 0 Å². The molecule has 4 rings (SSSR count). The fourth-order valence-corrected chi connectivity index (χ4v) is 3.48. The summed E-state index contributed by atoms with van der Waals surface area (Å²) in [5, 5.41) is 3.30. The minimum atomic E-state index is -0.283. The molecule has 2 aromatic rings. The van der Waals surface area contributed by atoms with Crippen molar-refractivity contribution in [1.29, 1.82) is 0 Å². The molecule has 1 aromatic heterocycles. The Balaban J connectivity index is 1.56. The maximum absolute atomic E-state index is 12.8. The Hall–Kier alpha value is -2.34. The molecule has 0 bridgehead atoms. The first-order valence-corrected chi connectivity index (χ1v) is 8.90. The third-order valence-corrected chi connectivity index (χ3v) is 4.88. The van der Waals surface area contributed by atoms with E-state index in [0.717, 1.165) is 37.2 Å². The highest BCUT2D eigenvalue weighted by Crippen LogP contribution is 2.32. The molecular formula is C18H19ClN4O2. The zero-order chi connectivity index (χ0) is 17.2. The van der Waals surface area contributed by atoms with Crippen LogP contribution in [0.1, 0.15) is 41.4 Å². The zero-order valence-electron chi connectivity index (χ0n) is 13.7. The van der Waals surface area contributed by atoms with Gasteiger partial charge in [0.25, 0.3) is 5.91 Å². The highest BCUT2D eigenvalue weighted by molar-refractivity contribution is 6.33. The zero-order valence-corrected chi connectivity index (χ0v) is 14.5. The van der Waals surface area contributed by atoms with Crippen LogP contribution in [0.25, 0.3) is 0 Å². The Morgan fingerprint density at radius 3 is 2.92 bits per heavy atom. The smallest absolute Gasteiger partial charge is 0.272 e. The Labute approximate surface area is 151 Å². The number of carbonyl (C=O) groups is 1. The summed E-state index contributed by atoms with van der Waals surface area (Å²) in [7, 11) is 0. The van der Waals surface area contributed by atoms with Crippen molar-refractivity contribution >= 4 is 23.5 Å². The van der Waals surface area contributed by atoms with E-state index in [1.165, 1.54) is 6.20 Å². The molecule has 0 spiro atoms. The number of nitrogens with one attached hydrogen (secondary N) is 1. The maximum Gasteiger partial charge on any atom is 0.272 e. The number of aromatic nitrogens is 2. The van der Waals surface area contributed by atoms with E-state index >= 15 is 0 Å². The number of nitrogens with zero attached hydrogens (tertiary/aromatic N) is 3. The Morgan fingerprint density at radius 2 is 2.08 bits per heavy atom. The first-order valence-electron chi connectivity index (χ1n) is 8.52. The lowest BCUT2D eigenvalue weighted by molar-refractivity contribution is 0.0920. The first-order chi connectivity index (χ1) is 12.2. The normalized spacial score (nSPS) is 19.2. The second-order valence-corrected chi connectivity index (χ2v) is 6.67. The summed E-state index contributed by atoms with van der Waals surface area (Å²) in [6.07, 6.45) is 4.46. The highest BCUT2D eigenvalue weighted by atomic mass is 35.5. The molecule has 1 fully saturated rings. The van der Waals surface area contributed by atoms with E-state index in [4.69, 9.17) is 16.3 Å². The highest BCUT2D eigenvalue weighted by Gasteiger charge is 2.25. The molecule has 1 atom stereocenters. The van der Waals surface area contributed by atoms with Gasteiger partial charge in [-0.05, 0) is 18.9 Å². The quantitative estimate of drug-likeness (QED) is 0.913. The average molecular weight is 359 g/mol. The van der Waals surface area contributed by atoms with Crippen LogP contribution in [0.2, 0.25) is 5.02 Å². The molecule has 1 saturated heterocycles. The number of fused-ring (bicyclic) bond motifs is 1. The number of halogens is 1. The monoisotopic (exact) mass is 358 g/mol. The molecule has 3 heterocycles. The van der Waals surface area contributed by atoms with Crippen LogP contribution in [-0.2, 0) is 0 Å². The van der Waals surface area contributed by atoms with Crippen molar-refractivity contribution in [3.05, 3.63) is 46.7 Å². The fraction of sp³-hybridized carbons (Fsp3) is 0.389. The van der Waals surface area contributed by atoms with Crippen molar-refractivity contribution < 1.29 is 9.53 Å². The van der Waals surface area contributed by atoms with E-state index in [0.29, 0.717) is 19.0 Å². The van der Waals surface area contributed by atoms with E-state index < -0.39 is 0 Å². The number of amides is 1. The number of ether oxygens (including phenoxy) is 1. The summed E-state index contributed by atoms with van der Waals surface area (Å²) in [5.74, 6) is 1.10. The molecule has 7 heteroatoms. The van der Waals surface area contributed by atoms with Gasteiger partial charge in [0, 0.05) is 25.1 Å². The molecule has 130 valence electrons. The van der Waals surface area contributed by atoms with E-state index in [1.807, 2.05) is 24.3 Å². The minimum absolute atomic E-state index is 0.112. The van der Waals surface area contributed by atoms with Gasteiger partial charge in [-0.3, -0.25) is 4.79 Å². The third kappa shape index (κ3) is 3.26. The van der Waals surface area contributed by atoms with Crippen molar-refractivity contribution in [2.75, 3.05) is 24.6 Å². The summed E-state index contributed by atoms with van der Waals surface area (Å²) >= 11 is 6.19. The van der Waals surface area contributed by atoms with Gasteiger partial charge in [0.05, 0.1) is 23.9 Å². The van der Waals surface area contributed by atoms with Crippen LogP contribution in [0.5, 0.6) is 5.75 Å².